The van der Waals surface area contributed by atoms with E-state index in [0.29, 0.717) is 24.4 Å². The van der Waals surface area contributed by atoms with Gasteiger partial charge in [-0.15, -0.1) is 0 Å². The first-order valence-corrected chi connectivity index (χ1v) is 8.29. The van der Waals surface area contributed by atoms with E-state index >= 15 is 0 Å². The van der Waals surface area contributed by atoms with E-state index in [1.807, 2.05) is 18.2 Å². The van der Waals surface area contributed by atoms with Crippen LogP contribution in [0.25, 0.3) is 0 Å². The molecule has 2 fully saturated rings. The summed E-state index contributed by atoms with van der Waals surface area (Å²) in [6.45, 7) is 0.690. The molecule has 1 aromatic carbocycles. The van der Waals surface area contributed by atoms with Crippen LogP contribution in [0.4, 0.5) is 0 Å². The molecule has 1 aliphatic carbocycles. The van der Waals surface area contributed by atoms with Crippen molar-refractivity contribution in [2.45, 2.75) is 43.6 Å². The summed E-state index contributed by atoms with van der Waals surface area (Å²) < 4.78 is 5.20. The Balaban J connectivity index is 1.88. The van der Waals surface area contributed by atoms with Crippen molar-refractivity contribution in [3.63, 3.8) is 0 Å². The number of carbonyl (C=O) groups excluding carboxylic acids is 2. The van der Waals surface area contributed by atoms with Gasteiger partial charge in [-0.3, -0.25) is 9.59 Å². The van der Waals surface area contributed by atoms with Gasteiger partial charge in [-0.2, -0.15) is 0 Å². The van der Waals surface area contributed by atoms with Gasteiger partial charge in [0, 0.05) is 19.2 Å². The zero-order valence-electron chi connectivity index (χ0n) is 13.6. The second-order valence-electron chi connectivity index (χ2n) is 6.64. The molecule has 124 valence electrons. The fraction of sp³-hybridized carbons (Fsp3) is 0.556. The van der Waals surface area contributed by atoms with Crippen LogP contribution in [-0.2, 0) is 9.53 Å². The summed E-state index contributed by atoms with van der Waals surface area (Å²) in [6, 6.07) is 7.81. The first-order valence-electron chi connectivity index (χ1n) is 8.29. The molecule has 0 bridgehead atoms. The van der Waals surface area contributed by atoms with E-state index in [1.54, 1.807) is 4.90 Å². The molecule has 2 N–H and O–H groups in total. The Kier molecular flexibility index (Phi) is 4.39. The molecule has 1 aromatic rings. The quantitative estimate of drug-likeness (QED) is 0.903. The van der Waals surface area contributed by atoms with Gasteiger partial charge < -0.3 is 15.4 Å². The predicted molar refractivity (Wildman–Crippen MR) is 87.1 cm³/mol. The van der Waals surface area contributed by atoms with Crippen molar-refractivity contribution in [2.24, 2.45) is 5.73 Å². The maximum Gasteiger partial charge on any atom is 0.254 e. The summed E-state index contributed by atoms with van der Waals surface area (Å²) in [4.78, 5) is 26.6. The van der Waals surface area contributed by atoms with Gasteiger partial charge in [-0.05, 0) is 49.3 Å². The maximum atomic E-state index is 13.0. The van der Waals surface area contributed by atoms with Crippen LogP contribution in [0.5, 0.6) is 0 Å². The lowest BCUT2D eigenvalue weighted by Gasteiger charge is -2.35. The molecule has 0 spiro atoms. The number of hydrogen-bond acceptors (Lipinski definition) is 3. The highest BCUT2D eigenvalue weighted by Crippen LogP contribution is 2.37. The number of methoxy groups -OCH3 is 1. The lowest BCUT2D eigenvalue weighted by atomic mass is 9.79. The molecule has 1 heterocycles. The van der Waals surface area contributed by atoms with Gasteiger partial charge in [0.25, 0.3) is 5.91 Å². The number of ether oxygens (including phenoxy) is 1. The maximum absolute atomic E-state index is 13.0. The number of hydrogen-bond donors (Lipinski definition) is 1. The van der Waals surface area contributed by atoms with Gasteiger partial charge in [0.05, 0.1) is 6.61 Å². The van der Waals surface area contributed by atoms with Crippen LogP contribution in [0, 0.1) is 0 Å². The number of rotatable bonds is 5. The molecule has 1 atom stereocenters. The van der Waals surface area contributed by atoms with Crippen LogP contribution in [-0.4, -0.2) is 42.5 Å². The average molecular weight is 316 g/mol. The number of nitrogens with two attached hydrogens (primary N) is 1. The summed E-state index contributed by atoms with van der Waals surface area (Å²) in [7, 11) is 1.53. The van der Waals surface area contributed by atoms with Crippen molar-refractivity contribution in [1.29, 1.82) is 0 Å². The van der Waals surface area contributed by atoms with Gasteiger partial charge in [0.2, 0.25) is 5.91 Å². The fourth-order valence-corrected chi connectivity index (χ4v) is 3.71. The molecule has 5 heteroatoms. The second kappa shape index (κ2) is 6.32. The van der Waals surface area contributed by atoms with Crippen molar-refractivity contribution in [1.82, 2.24) is 4.90 Å². The van der Waals surface area contributed by atoms with Gasteiger partial charge in [-0.25, -0.2) is 0 Å². The molecule has 0 radical (unpaired) electrons. The number of likely N-dealkylation sites (tertiary alicyclic amines) is 1. The number of amides is 2. The standard InChI is InChI=1S/C18H24N2O3/c1-23-12-18(17(19)22)9-4-10-20(18)16(21)15-8-3-7-14(11-15)13-5-2-6-13/h3,7-8,11,13H,2,4-6,9-10,12H2,1H3,(H2,19,22). The highest BCUT2D eigenvalue weighted by molar-refractivity contribution is 5.99. The second-order valence-corrected chi connectivity index (χ2v) is 6.64. The van der Waals surface area contributed by atoms with E-state index in [9.17, 15) is 9.59 Å². The van der Waals surface area contributed by atoms with Crippen molar-refractivity contribution < 1.29 is 14.3 Å². The molecule has 2 aliphatic rings. The summed E-state index contributed by atoms with van der Waals surface area (Å²) in [5, 5.41) is 0. The zero-order chi connectivity index (χ0) is 16.4. The van der Waals surface area contributed by atoms with Gasteiger partial charge in [0.1, 0.15) is 5.54 Å². The van der Waals surface area contributed by atoms with Crippen LogP contribution in [0.3, 0.4) is 0 Å². The van der Waals surface area contributed by atoms with E-state index in [4.69, 9.17) is 10.5 Å². The van der Waals surface area contributed by atoms with E-state index in [-0.39, 0.29) is 12.5 Å². The first kappa shape index (κ1) is 16.0. The minimum absolute atomic E-state index is 0.125. The van der Waals surface area contributed by atoms with Gasteiger partial charge >= 0.3 is 0 Å². The Morgan fingerprint density at radius 3 is 2.74 bits per heavy atom. The average Bonchev–Trinajstić information content (AvgIpc) is 2.90. The Labute approximate surface area is 136 Å². The normalized spacial score (nSPS) is 24.5. The Hall–Kier alpha value is -1.88. The van der Waals surface area contributed by atoms with Gasteiger partial charge in [-0.1, -0.05) is 18.6 Å². The lowest BCUT2D eigenvalue weighted by molar-refractivity contribution is -0.130. The van der Waals surface area contributed by atoms with Crippen molar-refractivity contribution in [3.8, 4) is 0 Å². The minimum Gasteiger partial charge on any atom is -0.382 e. The third-order valence-corrected chi connectivity index (χ3v) is 5.29. The molecule has 23 heavy (non-hydrogen) atoms. The SMILES string of the molecule is COCC1(C(N)=O)CCCN1C(=O)c1cccc(C2CCC2)c1. The third kappa shape index (κ3) is 2.74. The predicted octanol–water partition coefficient (Wildman–Crippen LogP) is 2.06. The molecule has 5 nitrogen and oxygen atoms in total. The lowest BCUT2D eigenvalue weighted by Crippen LogP contribution is -2.58. The third-order valence-electron chi connectivity index (χ3n) is 5.29. The molecule has 0 aromatic heterocycles. The fourth-order valence-electron chi connectivity index (χ4n) is 3.71. The molecule has 1 saturated carbocycles. The molecule has 2 amide bonds. The van der Waals surface area contributed by atoms with Crippen molar-refractivity contribution in [3.05, 3.63) is 35.4 Å². The highest BCUT2D eigenvalue weighted by Gasteiger charge is 2.48. The van der Waals surface area contributed by atoms with Crippen molar-refractivity contribution in [2.75, 3.05) is 20.3 Å². The number of carbonyl (C=O) groups is 2. The Morgan fingerprint density at radius 1 is 1.35 bits per heavy atom. The Morgan fingerprint density at radius 2 is 2.13 bits per heavy atom. The van der Waals surface area contributed by atoms with Gasteiger partial charge in [0.15, 0.2) is 0 Å². The molecule has 1 aliphatic heterocycles. The molecule has 3 rings (SSSR count). The topological polar surface area (TPSA) is 72.6 Å². The largest absolute Gasteiger partial charge is 0.382 e. The highest BCUT2D eigenvalue weighted by atomic mass is 16.5. The van der Waals surface area contributed by atoms with E-state index in [0.717, 1.165) is 6.42 Å². The van der Waals surface area contributed by atoms with Crippen molar-refractivity contribution >= 4 is 11.8 Å². The number of benzene rings is 1. The molecule has 1 saturated heterocycles. The monoisotopic (exact) mass is 316 g/mol. The minimum atomic E-state index is -1.02. The van der Waals surface area contributed by atoms with Crippen LogP contribution in [0.2, 0.25) is 0 Å². The van der Waals surface area contributed by atoms with Crippen LogP contribution in [0.1, 0.15) is 53.9 Å². The van der Waals surface area contributed by atoms with Crippen LogP contribution >= 0.6 is 0 Å². The number of nitrogens with zero attached hydrogens (tertiary/aromatic N) is 1. The Bertz CT molecular complexity index is 612. The number of primary amides is 1. The van der Waals surface area contributed by atoms with E-state index in [1.165, 1.54) is 31.9 Å². The van der Waals surface area contributed by atoms with Crippen LogP contribution < -0.4 is 5.73 Å². The van der Waals surface area contributed by atoms with E-state index < -0.39 is 11.4 Å². The summed E-state index contributed by atoms with van der Waals surface area (Å²) >= 11 is 0. The molecule has 1 unspecified atom stereocenters. The first-order chi connectivity index (χ1) is 11.1. The smallest absolute Gasteiger partial charge is 0.254 e. The summed E-state index contributed by atoms with van der Waals surface area (Å²) in [5.41, 5.74) is 6.46. The van der Waals surface area contributed by atoms with Crippen LogP contribution in [0.15, 0.2) is 24.3 Å². The molecular weight excluding hydrogens is 292 g/mol. The summed E-state index contributed by atoms with van der Waals surface area (Å²) in [5.74, 6) is -0.0407. The zero-order valence-corrected chi connectivity index (χ0v) is 13.6. The summed E-state index contributed by atoms with van der Waals surface area (Å²) in [6.07, 6.45) is 4.96. The van der Waals surface area contributed by atoms with E-state index in [2.05, 4.69) is 6.07 Å². The molecular formula is C18H24N2O3.